The minimum Gasteiger partial charge on any atom is -0.319 e. The predicted octanol–water partition coefficient (Wildman–Crippen LogP) is 1.76. The number of aromatic nitrogens is 2. The number of rotatable bonds is 4. The molecule has 0 amide bonds. The highest BCUT2D eigenvalue weighted by molar-refractivity contribution is 5.03. The van der Waals surface area contributed by atoms with Crippen molar-refractivity contribution in [3.63, 3.8) is 0 Å². The molecule has 6 heteroatoms. The average molecular weight is 221 g/mol. The summed E-state index contributed by atoms with van der Waals surface area (Å²) in [4.78, 5) is 0. The lowest BCUT2D eigenvalue weighted by atomic mass is 10.2. The second-order valence-electron chi connectivity index (χ2n) is 3.58. The number of nitrogens with one attached hydrogen (secondary N) is 1. The molecule has 0 aliphatic heterocycles. The fraction of sp³-hybridized carbons (Fsp3) is 0.667. The van der Waals surface area contributed by atoms with Crippen molar-refractivity contribution in [1.29, 1.82) is 0 Å². The Morgan fingerprint density at radius 2 is 2.20 bits per heavy atom. The average Bonchev–Trinajstić information content (AvgIpc) is 2.52. The van der Waals surface area contributed by atoms with Gasteiger partial charge in [-0.25, -0.2) is 0 Å². The van der Waals surface area contributed by atoms with Gasteiger partial charge in [-0.2, -0.15) is 18.3 Å². The van der Waals surface area contributed by atoms with Crippen molar-refractivity contribution in [2.24, 2.45) is 5.92 Å². The second-order valence-corrected chi connectivity index (χ2v) is 3.58. The molecule has 0 bridgehead atoms. The van der Waals surface area contributed by atoms with Crippen molar-refractivity contribution < 1.29 is 13.2 Å². The van der Waals surface area contributed by atoms with Crippen LogP contribution < -0.4 is 5.32 Å². The van der Waals surface area contributed by atoms with Crippen LogP contribution in [-0.4, -0.2) is 23.4 Å². The summed E-state index contributed by atoms with van der Waals surface area (Å²) >= 11 is 0. The fourth-order valence-corrected chi connectivity index (χ4v) is 1.35. The van der Waals surface area contributed by atoms with Gasteiger partial charge in [0.05, 0.1) is 0 Å². The molecule has 0 aliphatic carbocycles. The first-order chi connectivity index (χ1) is 6.93. The van der Waals surface area contributed by atoms with Gasteiger partial charge in [0.2, 0.25) is 0 Å². The lowest BCUT2D eigenvalue weighted by Crippen LogP contribution is -2.21. The Morgan fingerprint density at radius 3 is 2.67 bits per heavy atom. The number of hydrogen-bond donors (Lipinski definition) is 1. The minimum absolute atomic E-state index is 0.246. The number of halogens is 3. The Bertz CT molecular complexity index is 306. The van der Waals surface area contributed by atoms with Gasteiger partial charge in [0.15, 0.2) is 5.69 Å². The highest BCUT2D eigenvalue weighted by atomic mass is 19.4. The van der Waals surface area contributed by atoms with Crippen LogP contribution in [0.1, 0.15) is 12.6 Å². The first kappa shape index (κ1) is 12.0. The van der Waals surface area contributed by atoms with Gasteiger partial charge < -0.3 is 5.32 Å². The summed E-state index contributed by atoms with van der Waals surface area (Å²) in [5.41, 5.74) is -0.834. The topological polar surface area (TPSA) is 29.9 Å². The van der Waals surface area contributed by atoms with Crippen LogP contribution in [0.15, 0.2) is 12.3 Å². The molecule has 0 radical (unpaired) electrons. The van der Waals surface area contributed by atoms with E-state index in [9.17, 15) is 13.2 Å². The third kappa shape index (κ3) is 3.54. The Hall–Kier alpha value is -1.04. The molecular formula is C9H14F3N3. The number of alkyl halides is 3. The van der Waals surface area contributed by atoms with Crippen molar-refractivity contribution >= 4 is 0 Å². The zero-order valence-electron chi connectivity index (χ0n) is 8.67. The molecule has 1 aromatic heterocycles. The molecule has 1 aromatic rings. The maximum atomic E-state index is 12.2. The van der Waals surface area contributed by atoms with Gasteiger partial charge in [0, 0.05) is 12.7 Å². The first-order valence-electron chi connectivity index (χ1n) is 4.68. The maximum absolute atomic E-state index is 12.2. The van der Waals surface area contributed by atoms with E-state index in [2.05, 4.69) is 10.4 Å². The standard InChI is InChI=1S/C9H14F3N3/c1-7(5-13-2)6-15-4-3-8(14-15)9(10,11)12/h3-4,7,13H,5-6H2,1-2H3. The smallest absolute Gasteiger partial charge is 0.319 e. The lowest BCUT2D eigenvalue weighted by Gasteiger charge is -2.10. The summed E-state index contributed by atoms with van der Waals surface area (Å²) in [5, 5.41) is 6.43. The van der Waals surface area contributed by atoms with E-state index in [0.717, 1.165) is 12.6 Å². The van der Waals surface area contributed by atoms with Crippen molar-refractivity contribution in [2.75, 3.05) is 13.6 Å². The van der Waals surface area contributed by atoms with Crippen molar-refractivity contribution in [3.8, 4) is 0 Å². The van der Waals surface area contributed by atoms with E-state index in [-0.39, 0.29) is 5.92 Å². The van der Waals surface area contributed by atoms with Gasteiger partial charge in [-0.15, -0.1) is 0 Å². The van der Waals surface area contributed by atoms with Crippen molar-refractivity contribution in [2.45, 2.75) is 19.6 Å². The van der Waals surface area contributed by atoms with E-state index in [4.69, 9.17) is 0 Å². The van der Waals surface area contributed by atoms with Crippen molar-refractivity contribution in [1.82, 2.24) is 15.1 Å². The highest BCUT2D eigenvalue weighted by Gasteiger charge is 2.33. The van der Waals surface area contributed by atoms with Gasteiger partial charge in [-0.1, -0.05) is 6.92 Å². The van der Waals surface area contributed by atoms with Crippen LogP contribution in [0.5, 0.6) is 0 Å². The Morgan fingerprint density at radius 1 is 1.53 bits per heavy atom. The highest BCUT2D eigenvalue weighted by Crippen LogP contribution is 2.27. The Balaban J connectivity index is 2.61. The zero-order valence-corrected chi connectivity index (χ0v) is 8.67. The summed E-state index contributed by atoms with van der Waals surface area (Å²) in [6.07, 6.45) is -2.99. The first-order valence-corrected chi connectivity index (χ1v) is 4.68. The third-order valence-corrected chi connectivity index (χ3v) is 1.98. The molecule has 1 rings (SSSR count). The summed E-state index contributed by atoms with van der Waals surface area (Å²) in [6, 6.07) is 0.992. The molecule has 86 valence electrons. The molecule has 1 atom stereocenters. The summed E-state index contributed by atoms with van der Waals surface area (Å²) in [7, 11) is 1.81. The Labute approximate surface area is 86.3 Å². The normalized spacial score (nSPS) is 14.2. The van der Waals surface area contributed by atoms with Crippen LogP contribution in [0.25, 0.3) is 0 Å². The van der Waals surface area contributed by atoms with Crippen LogP contribution in [0.2, 0.25) is 0 Å². The molecule has 0 aromatic carbocycles. The van der Waals surface area contributed by atoms with Crippen LogP contribution in [0, 0.1) is 5.92 Å². The van der Waals surface area contributed by atoms with Crippen LogP contribution >= 0.6 is 0 Å². The monoisotopic (exact) mass is 221 g/mol. The van der Waals surface area contributed by atoms with Crippen LogP contribution in [-0.2, 0) is 12.7 Å². The van der Waals surface area contributed by atoms with Crippen molar-refractivity contribution in [3.05, 3.63) is 18.0 Å². The van der Waals surface area contributed by atoms with Gasteiger partial charge in [-0.05, 0) is 25.6 Å². The summed E-state index contributed by atoms with van der Waals surface area (Å²) < 4.78 is 37.9. The molecule has 0 spiro atoms. The van der Waals surface area contributed by atoms with Crippen LogP contribution in [0.3, 0.4) is 0 Å². The Kier molecular flexibility index (Phi) is 3.73. The summed E-state index contributed by atoms with van der Waals surface area (Å²) in [6.45, 7) is 3.18. The van der Waals surface area contributed by atoms with E-state index in [1.165, 1.54) is 10.9 Å². The molecular weight excluding hydrogens is 207 g/mol. The van der Waals surface area contributed by atoms with Gasteiger partial charge in [0.1, 0.15) is 0 Å². The minimum atomic E-state index is -4.35. The number of nitrogens with zero attached hydrogens (tertiary/aromatic N) is 2. The van der Waals surface area contributed by atoms with E-state index < -0.39 is 11.9 Å². The third-order valence-electron chi connectivity index (χ3n) is 1.98. The number of hydrogen-bond acceptors (Lipinski definition) is 2. The van der Waals surface area contributed by atoms with E-state index in [0.29, 0.717) is 6.54 Å². The predicted molar refractivity (Wildman–Crippen MR) is 50.3 cm³/mol. The van der Waals surface area contributed by atoms with E-state index in [1.807, 2.05) is 6.92 Å². The molecule has 15 heavy (non-hydrogen) atoms. The molecule has 1 heterocycles. The van der Waals surface area contributed by atoms with Gasteiger partial charge in [-0.3, -0.25) is 4.68 Å². The molecule has 0 aliphatic rings. The summed E-state index contributed by atoms with van der Waals surface area (Å²) in [5.74, 6) is 0.246. The molecule has 0 saturated heterocycles. The maximum Gasteiger partial charge on any atom is 0.435 e. The molecule has 0 saturated carbocycles. The zero-order chi connectivity index (χ0) is 11.5. The van der Waals surface area contributed by atoms with Gasteiger partial charge in [0.25, 0.3) is 0 Å². The van der Waals surface area contributed by atoms with Crippen LogP contribution in [0.4, 0.5) is 13.2 Å². The lowest BCUT2D eigenvalue weighted by molar-refractivity contribution is -0.141. The second kappa shape index (κ2) is 4.65. The molecule has 0 fully saturated rings. The van der Waals surface area contributed by atoms with E-state index in [1.54, 1.807) is 7.05 Å². The quantitative estimate of drug-likeness (QED) is 0.839. The molecule has 3 nitrogen and oxygen atoms in total. The van der Waals surface area contributed by atoms with Gasteiger partial charge >= 0.3 is 6.18 Å². The molecule has 1 N–H and O–H groups in total. The SMILES string of the molecule is CNCC(C)Cn1ccc(C(F)(F)F)n1. The largest absolute Gasteiger partial charge is 0.435 e. The fourth-order valence-electron chi connectivity index (χ4n) is 1.35. The molecule has 1 unspecified atom stereocenters. The van der Waals surface area contributed by atoms with E-state index >= 15 is 0 Å².